The number of rotatable bonds is 4. The highest BCUT2D eigenvalue weighted by atomic mass is 16.5. The van der Waals surface area contributed by atoms with Gasteiger partial charge in [-0.2, -0.15) is 0 Å². The third-order valence-electron chi connectivity index (χ3n) is 2.81. The number of hydrogen-bond acceptors (Lipinski definition) is 4. The SMILES string of the molecule is CCOC(=O)CCC1CC(N)CN(C)C1. The van der Waals surface area contributed by atoms with E-state index in [4.69, 9.17) is 10.5 Å². The van der Waals surface area contributed by atoms with Gasteiger partial charge in [-0.1, -0.05) is 0 Å². The van der Waals surface area contributed by atoms with Gasteiger partial charge in [-0.3, -0.25) is 4.79 Å². The number of nitrogens with two attached hydrogens (primary N) is 1. The van der Waals surface area contributed by atoms with E-state index in [1.54, 1.807) is 0 Å². The second kappa shape index (κ2) is 6.08. The molecule has 4 heteroatoms. The molecule has 2 N–H and O–H groups in total. The summed E-state index contributed by atoms with van der Waals surface area (Å²) in [6.45, 7) is 4.33. The highest BCUT2D eigenvalue weighted by molar-refractivity contribution is 5.69. The molecule has 4 nitrogen and oxygen atoms in total. The molecule has 1 aliphatic rings. The van der Waals surface area contributed by atoms with Gasteiger partial charge in [0, 0.05) is 25.6 Å². The van der Waals surface area contributed by atoms with Crippen molar-refractivity contribution in [2.75, 3.05) is 26.7 Å². The van der Waals surface area contributed by atoms with Crippen LogP contribution >= 0.6 is 0 Å². The lowest BCUT2D eigenvalue weighted by Gasteiger charge is -2.33. The van der Waals surface area contributed by atoms with Crippen molar-refractivity contribution in [1.29, 1.82) is 0 Å². The summed E-state index contributed by atoms with van der Waals surface area (Å²) >= 11 is 0. The van der Waals surface area contributed by atoms with Gasteiger partial charge in [-0.05, 0) is 32.7 Å². The van der Waals surface area contributed by atoms with Crippen molar-refractivity contribution in [3.05, 3.63) is 0 Å². The minimum atomic E-state index is -0.0840. The van der Waals surface area contributed by atoms with Gasteiger partial charge in [0.1, 0.15) is 0 Å². The molecule has 0 aromatic heterocycles. The first-order valence-corrected chi connectivity index (χ1v) is 5.71. The molecule has 0 spiro atoms. The molecule has 0 amide bonds. The van der Waals surface area contributed by atoms with E-state index in [2.05, 4.69) is 11.9 Å². The van der Waals surface area contributed by atoms with Crippen molar-refractivity contribution in [3.63, 3.8) is 0 Å². The van der Waals surface area contributed by atoms with E-state index < -0.39 is 0 Å². The van der Waals surface area contributed by atoms with E-state index in [-0.39, 0.29) is 12.0 Å². The highest BCUT2D eigenvalue weighted by Gasteiger charge is 2.23. The molecule has 0 saturated carbocycles. The third-order valence-corrected chi connectivity index (χ3v) is 2.81. The summed E-state index contributed by atoms with van der Waals surface area (Å²) in [7, 11) is 2.08. The second-order valence-electron chi connectivity index (χ2n) is 4.43. The highest BCUT2D eigenvalue weighted by Crippen LogP contribution is 2.19. The smallest absolute Gasteiger partial charge is 0.305 e. The number of ether oxygens (including phenoxy) is 1. The minimum absolute atomic E-state index is 0.0840. The molecular weight excluding hydrogens is 192 g/mol. The summed E-state index contributed by atoms with van der Waals surface area (Å²) in [5, 5.41) is 0. The Bertz CT molecular complexity index is 199. The van der Waals surface area contributed by atoms with Crippen LogP contribution in [0.25, 0.3) is 0 Å². The van der Waals surface area contributed by atoms with Crippen molar-refractivity contribution < 1.29 is 9.53 Å². The molecule has 1 saturated heterocycles. The first-order valence-electron chi connectivity index (χ1n) is 5.71. The molecule has 88 valence electrons. The molecule has 0 radical (unpaired) electrons. The number of likely N-dealkylation sites (N-methyl/N-ethyl adjacent to an activating group) is 1. The number of carbonyl (C=O) groups excluding carboxylic acids is 1. The molecule has 0 aliphatic carbocycles. The third kappa shape index (κ3) is 4.62. The summed E-state index contributed by atoms with van der Waals surface area (Å²) in [5.74, 6) is 0.461. The Hall–Kier alpha value is -0.610. The van der Waals surface area contributed by atoms with Crippen molar-refractivity contribution in [1.82, 2.24) is 4.90 Å². The van der Waals surface area contributed by atoms with E-state index in [1.165, 1.54) is 0 Å². The maximum absolute atomic E-state index is 11.2. The van der Waals surface area contributed by atoms with Crippen molar-refractivity contribution in [3.8, 4) is 0 Å². The average Bonchev–Trinajstić information content (AvgIpc) is 2.14. The lowest BCUT2D eigenvalue weighted by molar-refractivity contribution is -0.143. The molecule has 2 unspecified atom stereocenters. The zero-order valence-corrected chi connectivity index (χ0v) is 9.74. The summed E-state index contributed by atoms with van der Waals surface area (Å²) in [4.78, 5) is 13.4. The normalized spacial score (nSPS) is 27.7. The summed E-state index contributed by atoms with van der Waals surface area (Å²) in [5.41, 5.74) is 5.92. The monoisotopic (exact) mass is 214 g/mol. The van der Waals surface area contributed by atoms with Crippen LogP contribution in [0.1, 0.15) is 26.2 Å². The minimum Gasteiger partial charge on any atom is -0.466 e. The van der Waals surface area contributed by atoms with E-state index in [9.17, 15) is 4.79 Å². The molecule has 1 fully saturated rings. The Morgan fingerprint density at radius 1 is 1.53 bits per heavy atom. The summed E-state index contributed by atoms with van der Waals surface area (Å²) in [6.07, 6.45) is 2.46. The van der Waals surface area contributed by atoms with Crippen molar-refractivity contribution in [2.24, 2.45) is 11.7 Å². The van der Waals surface area contributed by atoms with Crippen LogP contribution in [0.5, 0.6) is 0 Å². The van der Waals surface area contributed by atoms with Gasteiger partial charge in [0.15, 0.2) is 0 Å². The van der Waals surface area contributed by atoms with Crippen LogP contribution in [0.15, 0.2) is 0 Å². The van der Waals surface area contributed by atoms with Crippen molar-refractivity contribution in [2.45, 2.75) is 32.2 Å². The van der Waals surface area contributed by atoms with Gasteiger partial charge in [0.05, 0.1) is 6.61 Å². The van der Waals surface area contributed by atoms with E-state index in [0.717, 1.165) is 25.9 Å². The van der Waals surface area contributed by atoms with Crippen LogP contribution in [0.3, 0.4) is 0 Å². The lowest BCUT2D eigenvalue weighted by atomic mass is 9.91. The molecule has 1 rings (SSSR count). The quantitative estimate of drug-likeness (QED) is 0.697. The number of carbonyl (C=O) groups is 1. The van der Waals surface area contributed by atoms with Crippen LogP contribution < -0.4 is 5.73 Å². The predicted octanol–water partition coefficient (Wildman–Crippen LogP) is 0.609. The predicted molar refractivity (Wildman–Crippen MR) is 59.4 cm³/mol. The van der Waals surface area contributed by atoms with Crippen molar-refractivity contribution >= 4 is 5.97 Å². The Balaban J connectivity index is 2.23. The van der Waals surface area contributed by atoms with E-state index >= 15 is 0 Å². The van der Waals surface area contributed by atoms with Gasteiger partial charge in [0.2, 0.25) is 0 Å². The average molecular weight is 214 g/mol. The fourth-order valence-electron chi connectivity index (χ4n) is 2.26. The van der Waals surface area contributed by atoms with Gasteiger partial charge in [-0.15, -0.1) is 0 Å². The Morgan fingerprint density at radius 3 is 2.87 bits per heavy atom. The Morgan fingerprint density at radius 2 is 2.27 bits per heavy atom. The van der Waals surface area contributed by atoms with Crippen LogP contribution in [0.2, 0.25) is 0 Å². The van der Waals surface area contributed by atoms with Crippen LogP contribution in [-0.4, -0.2) is 43.7 Å². The van der Waals surface area contributed by atoms with Crippen LogP contribution in [0.4, 0.5) is 0 Å². The number of piperidine rings is 1. The standard InChI is InChI=1S/C11H22N2O2/c1-3-15-11(14)5-4-9-6-10(12)8-13(2)7-9/h9-10H,3-8,12H2,1-2H3. The van der Waals surface area contributed by atoms with Crippen LogP contribution in [0, 0.1) is 5.92 Å². The molecular formula is C11H22N2O2. The zero-order valence-electron chi connectivity index (χ0n) is 9.74. The van der Waals surface area contributed by atoms with Gasteiger partial charge >= 0.3 is 5.97 Å². The maximum Gasteiger partial charge on any atom is 0.305 e. The number of likely N-dealkylation sites (tertiary alicyclic amines) is 1. The first kappa shape index (κ1) is 12.5. The van der Waals surface area contributed by atoms with Gasteiger partial charge in [0.25, 0.3) is 0 Å². The molecule has 0 aromatic rings. The van der Waals surface area contributed by atoms with E-state index in [1.807, 2.05) is 6.92 Å². The lowest BCUT2D eigenvalue weighted by Crippen LogP contribution is -2.45. The Labute approximate surface area is 91.8 Å². The molecule has 15 heavy (non-hydrogen) atoms. The maximum atomic E-state index is 11.2. The van der Waals surface area contributed by atoms with Gasteiger partial charge in [-0.25, -0.2) is 0 Å². The molecule has 2 atom stereocenters. The summed E-state index contributed by atoms with van der Waals surface area (Å²) < 4.78 is 4.90. The number of nitrogens with zero attached hydrogens (tertiary/aromatic N) is 1. The fraction of sp³-hybridized carbons (Fsp3) is 0.909. The van der Waals surface area contributed by atoms with Crippen LogP contribution in [-0.2, 0) is 9.53 Å². The molecule has 1 aliphatic heterocycles. The topological polar surface area (TPSA) is 55.6 Å². The largest absolute Gasteiger partial charge is 0.466 e. The fourth-order valence-corrected chi connectivity index (χ4v) is 2.26. The van der Waals surface area contributed by atoms with Gasteiger partial charge < -0.3 is 15.4 Å². The molecule has 0 bridgehead atoms. The first-order chi connectivity index (χ1) is 7.11. The summed E-state index contributed by atoms with van der Waals surface area (Å²) in [6, 6.07) is 0.260. The van der Waals surface area contributed by atoms with E-state index in [0.29, 0.717) is 18.9 Å². The zero-order chi connectivity index (χ0) is 11.3. The Kier molecular flexibility index (Phi) is 5.05. The number of esters is 1. The second-order valence-corrected chi connectivity index (χ2v) is 4.43. The molecule has 0 aromatic carbocycles. The number of hydrogen-bond donors (Lipinski definition) is 1. The molecule has 1 heterocycles.